The zero-order valence-corrected chi connectivity index (χ0v) is 14.5. The van der Waals surface area contributed by atoms with E-state index >= 15 is 0 Å². The molecule has 26 heavy (non-hydrogen) atoms. The number of fused-ring (bicyclic) bond motifs is 3. The van der Waals surface area contributed by atoms with Gasteiger partial charge in [-0.05, 0) is 61.0 Å². The molecule has 0 saturated carbocycles. The molecule has 0 aliphatic heterocycles. The van der Waals surface area contributed by atoms with Gasteiger partial charge in [-0.2, -0.15) is 0 Å². The summed E-state index contributed by atoms with van der Waals surface area (Å²) in [6.07, 6.45) is 3.42. The largest absolute Gasteiger partial charge is 0.508 e. The minimum absolute atomic E-state index is 0.0823. The first-order valence-corrected chi connectivity index (χ1v) is 8.70. The number of aryl methyl sites for hydroxylation is 1. The van der Waals surface area contributed by atoms with E-state index in [4.69, 9.17) is 0 Å². The highest BCUT2D eigenvalue weighted by atomic mass is 16.3. The fraction of sp³-hybridized carbons (Fsp3) is 0.0870. The molecule has 0 saturated heterocycles. The Morgan fingerprint density at radius 2 is 1.69 bits per heavy atom. The molecule has 0 aliphatic carbocycles. The Morgan fingerprint density at radius 3 is 2.46 bits per heavy atom. The summed E-state index contributed by atoms with van der Waals surface area (Å²) in [5, 5.41) is 11.7. The number of hydrogen-bond donors (Lipinski definition) is 1. The summed E-state index contributed by atoms with van der Waals surface area (Å²) >= 11 is 0. The van der Waals surface area contributed by atoms with Crippen LogP contribution in [0.5, 0.6) is 5.75 Å². The van der Waals surface area contributed by atoms with Gasteiger partial charge in [-0.3, -0.25) is 4.79 Å². The number of carbonyl (C=O) groups excluding carboxylic acids is 1. The maximum Gasteiger partial charge on any atom is 0.185 e. The molecule has 4 aromatic rings. The number of aromatic nitrogens is 1. The third-order valence-corrected chi connectivity index (χ3v) is 4.69. The predicted octanol–water partition coefficient (Wildman–Crippen LogP) is 5.42. The lowest BCUT2D eigenvalue weighted by molar-refractivity contribution is 0.104. The van der Waals surface area contributed by atoms with Gasteiger partial charge in [0.25, 0.3) is 0 Å². The van der Waals surface area contributed by atoms with Gasteiger partial charge in [-0.15, -0.1) is 0 Å². The summed E-state index contributed by atoms with van der Waals surface area (Å²) in [5.74, 6) is 0.0735. The van der Waals surface area contributed by atoms with E-state index in [1.807, 2.05) is 12.1 Å². The highest BCUT2D eigenvalue weighted by molar-refractivity contribution is 6.10. The van der Waals surface area contributed by atoms with Crippen LogP contribution in [0.1, 0.15) is 22.8 Å². The summed E-state index contributed by atoms with van der Waals surface area (Å²) in [7, 11) is 0. The number of allylic oxidation sites excluding steroid dienone is 1. The Labute approximate surface area is 151 Å². The number of hydrogen-bond acceptors (Lipinski definition) is 2. The monoisotopic (exact) mass is 341 g/mol. The number of ketones is 1. The van der Waals surface area contributed by atoms with Crippen molar-refractivity contribution in [3.63, 3.8) is 0 Å². The predicted molar refractivity (Wildman–Crippen MR) is 107 cm³/mol. The summed E-state index contributed by atoms with van der Waals surface area (Å²) in [5.41, 5.74) is 3.98. The molecule has 3 nitrogen and oxygen atoms in total. The molecular weight excluding hydrogens is 322 g/mol. The van der Waals surface area contributed by atoms with Crippen LogP contribution in [0, 0.1) is 0 Å². The Kier molecular flexibility index (Phi) is 4.05. The number of para-hydroxylation sites is 1. The van der Waals surface area contributed by atoms with Crippen molar-refractivity contribution in [1.82, 2.24) is 4.57 Å². The maximum absolute atomic E-state index is 12.3. The lowest BCUT2D eigenvalue weighted by Gasteiger charge is -2.02. The number of benzene rings is 3. The summed E-state index contributed by atoms with van der Waals surface area (Å²) in [4.78, 5) is 12.3. The van der Waals surface area contributed by atoms with Crippen LogP contribution in [0.3, 0.4) is 0 Å². The number of rotatable bonds is 4. The molecule has 0 aliphatic rings. The Bertz CT molecular complexity index is 1130. The van der Waals surface area contributed by atoms with Crippen LogP contribution in [0.25, 0.3) is 27.9 Å². The second kappa shape index (κ2) is 6.52. The van der Waals surface area contributed by atoms with E-state index < -0.39 is 0 Å². The number of phenolic OH excluding ortho intramolecular Hbond substituents is 1. The molecule has 3 heteroatoms. The third-order valence-electron chi connectivity index (χ3n) is 4.69. The molecule has 0 unspecified atom stereocenters. The summed E-state index contributed by atoms with van der Waals surface area (Å²) in [6.45, 7) is 3.06. The first kappa shape index (κ1) is 16.2. The number of nitrogens with zero attached hydrogens (tertiary/aromatic N) is 1. The van der Waals surface area contributed by atoms with Crippen molar-refractivity contribution in [2.24, 2.45) is 0 Å². The molecule has 1 aromatic heterocycles. The van der Waals surface area contributed by atoms with Gasteiger partial charge in [0.2, 0.25) is 0 Å². The zero-order valence-electron chi connectivity index (χ0n) is 14.5. The van der Waals surface area contributed by atoms with Gasteiger partial charge in [-0.1, -0.05) is 30.3 Å². The van der Waals surface area contributed by atoms with Gasteiger partial charge in [0.05, 0.1) is 0 Å². The second-order valence-electron chi connectivity index (χ2n) is 6.28. The maximum atomic E-state index is 12.3. The van der Waals surface area contributed by atoms with Crippen LogP contribution in [0.4, 0.5) is 0 Å². The van der Waals surface area contributed by atoms with Gasteiger partial charge >= 0.3 is 0 Å². The third kappa shape index (κ3) is 2.78. The smallest absolute Gasteiger partial charge is 0.185 e. The Balaban J connectivity index is 1.72. The molecule has 0 fully saturated rings. The highest BCUT2D eigenvalue weighted by Gasteiger charge is 2.09. The van der Waals surface area contributed by atoms with Crippen LogP contribution in [-0.4, -0.2) is 15.5 Å². The van der Waals surface area contributed by atoms with Gasteiger partial charge in [0.15, 0.2) is 5.78 Å². The van der Waals surface area contributed by atoms with Gasteiger partial charge in [0.1, 0.15) is 5.75 Å². The van der Waals surface area contributed by atoms with Crippen LogP contribution >= 0.6 is 0 Å². The number of aromatic hydroxyl groups is 1. The fourth-order valence-electron chi connectivity index (χ4n) is 3.41. The van der Waals surface area contributed by atoms with Gasteiger partial charge < -0.3 is 9.67 Å². The van der Waals surface area contributed by atoms with Crippen LogP contribution in [0.15, 0.2) is 72.8 Å². The SMILES string of the molecule is CCn1c2ccccc2c2cc(/C=C/C(=O)c3ccc(O)cc3)ccc21. The summed E-state index contributed by atoms with van der Waals surface area (Å²) in [6, 6.07) is 21.0. The van der Waals surface area contributed by atoms with Gasteiger partial charge in [0, 0.05) is 33.9 Å². The average Bonchev–Trinajstić information content (AvgIpc) is 2.99. The standard InChI is InChI=1S/C23H19NO2/c1-2-24-21-6-4-3-5-19(21)20-15-16(7-13-22(20)24)8-14-23(26)17-9-11-18(25)12-10-17/h3-15,25H,2H2,1H3/b14-8+. The Hall–Kier alpha value is -3.33. The quantitative estimate of drug-likeness (QED) is 0.398. The van der Waals surface area contributed by atoms with Crippen molar-refractivity contribution >= 4 is 33.7 Å². The Morgan fingerprint density at radius 1 is 0.962 bits per heavy atom. The number of carbonyl (C=O) groups is 1. The van der Waals surface area contributed by atoms with E-state index in [-0.39, 0.29) is 11.5 Å². The molecule has 128 valence electrons. The van der Waals surface area contributed by atoms with E-state index in [0.29, 0.717) is 5.56 Å². The molecule has 4 rings (SSSR count). The molecule has 0 radical (unpaired) electrons. The normalized spacial score (nSPS) is 11.6. The zero-order chi connectivity index (χ0) is 18.1. The molecule has 0 spiro atoms. The lowest BCUT2D eigenvalue weighted by atomic mass is 10.1. The molecular formula is C23H19NO2. The van der Waals surface area contributed by atoms with Crippen molar-refractivity contribution in [3.05, 3.63) is 83.9 Å². The topological polar surface area (TPSA) is 42.2 Å². The molecule has 0 amide bonds. The molecule has 0 bridgehead atoms. The van der Waals surface area contributed by atoms with Gasteiger partial charge in [-0.25, -0.2) is 0 Å². The second-order valence-corrected chi connectivity index (χ2v) is 6.28. The van der Waals surface area contributed by atoms with E-state index in [1.54, 1.807) is 18.2 Å². The van der Waals surface area contributed by atoms with Crippen molar-refractivity contribution in [1.29, 1.82) is 0 Å². The first-order chi connectivity index (χ1) is 12.7. The molecule has 1 heterocycles. The fourth-order valence-corrected chi connectivity index (χ4v) is 3.41. The van der Waals surface area contributed by atoms with E-state index in [9.17, 15) is 9.90 Å². The minimum Gasteiger partial charge on any atom is -0.508 e. The van der Waals surface area contributed by atoms with Crippen LogP contribution in [-0.2, 0) is 6.54 Å². The molecule has 3 aromatic carbocycles. The van der Waals surface area contributed by atoms with E-state index in [0.717, 1.165) is 12.1 Å². The van der Waals surface area contributed by atoms with Crippen LogP contribution < -0.4 is 0 Å². The summed E-state index contributed by atoms with van der Waals surface area (Å²) < 4.78 is 2.31. The van der Waals surface area contributed by atoms with E-state index in [1.165, 1.54) is 33.9 Å². The number of phenols is 1. The lowest BCUT2D eigenvalue weighted by Crippen LogP contribution is -1.93. The van der Waals surface area contributed by atoms with E-state index in [2.05, 4.69) is 47.9 Å². The minimum atomic E-state index is -0.0823. The average molecular weight is 341 g/mol. The highest BCUT2D eigenvalue weighted by Crippen LogP contribution is 2.30. The van der Waals surface area contributed by atoms with Crippen molar-refractivity contribution < 1.29 is 9.90 Å². The molecule has 0 atom stereocenters. The van der Waals surface area contributed by atoms with Crippen LogP contribution in [0.2, 0.25) is 0 Å². The van der Waals surface area contributed by atoms with Crippen molar-refractivity contribution in [3.8, 4) is 5.75 Å². The van der Waals surface area contributed by atoms with Crippen molar-refractivity contribution in [2.75, 3.05) is 0 Å². The van der Waals surface area contributed by atoms with Crippen molar-refractivity contribution in [2.45, 2.75) is 13.5 Å². The first-order valence-electron chi connectivity index (χ1n) is 8.70. The molecule has 1 N–H and O–H groups in total.